The van der Waals surface area contributed by atoms with E-state index in [0.29, 0.717) is 0 Å². The fourth-order valence-electron chi connectivity index (χ4n) is 3.50. The SMILES string of the molecule is c1ccc(-c2ccc3cc4cc5ccccc5cc4cc3c2)cc1. The van der Waals surface area contributed by atoms with Gasteiger partial charge in [-0.15, -0.1) is 0 Å². The maximum Gasteiger partial charge on any atom is -0.0171 e. The molecule has 0 radical (unpaired) electrons. The highest BCUT2D eigenvalue weighted by Crippen LogP contribution is 2.30. The van der Waals surface area contributed by atoms with Gasteiger partial charge in [-0.1, -0.05) is 66.7 Å². The molecular formula is C24H16. The third-order valence-electron chi connectivity index (χ3n) is 4.77. The molecule has 0 saturated carbocycles. The lowest BCUT2D eigenvalue weighted by Crippen LogP contribution is -1.81. The molecule has 0 aliphatic heterocycles. The van der Waals surface area contributed by atoms with Crippen LogP contribution in [0.25, 0.3) is 43.4 Å². The number of benzene rings is 5. The van der Waals surface area contributed by atoms with E-state index in [1.807, 2.05) is 0 Å². The van der Waals surface area contributed by atoms with Crippen LogP contribution >= 0.6 is 0 Å². The topological polar surface area (TPSA) is 0 Å². The second kappa shape index (κ2) is 5.21. The minimum absolute atomic E-state index is 1.26. The zero-order valence-corrected chi connectivity index (χ0v) is 13.2. The summed E-state index contributed by atoms with van der Waals surface area (Å²) in [6.07, 6.45) is 0. The van der Waals surface area contributed by atoms with Gasteiger partial charge in [0.2, 0.25) is 0 Å². The Balaban J connectivity index is 1.77. The predicted molar refractivity (Wildman–Crippen MR) is 104 cm³/mol. The molecule has 0 unspecified atom stereocenters. The van der Waals surface area contributed by atoms with E-state index < -0.39 is 0 Å². The molecule has 0 fully saturated rings. The highest BCUT2D eigenvalue weighted by Gasteiger charge is 2.03. The van der Waals surface area contributed by atoms with Crippen LogP contribution in [0.4, 0.5) is 0 Å². The van der Waals surface area contributed by atoms with E-state index in [0.717, 1.165) is 0 Å². The molecule has 0 amide bonds. The molecule has 0 heterocycles. The lowest BCUT2D eigenvalue weighted by molar-refractivity contribution is 1.65. The molecule has 5 rings (SSSR count). The average Bonchev–Trinajstić information content (AvgIpc) is 2.65. The Bertz CT molecular complexity index is 1180. The summed E-state index contributed by atoms with van der Waals surface area (Å²) in [6, 6.07) is 35.0. The number of rotatable bonds is 1. The summed E-state index contributed by atoms with van der Waals surface area (Å²) < 4.78 is 0. The van der Waals surface area contributed by atoms with Gasteiger partial charge in [0.25, 0.3) is 0 Å². The first-order valence-corrected chi connectivity index (χ1v) is 8.29. The van der Waals surface area contributed by atoms with Crippen molar-refractivity contribution in [3.8, 4) is 11.1 Å². The monoisotopic (exact) mass is 304 g/mol. The van der Waals surface area contributed by atoms with E-state index in [9.17, 15) is 0 Å². The Morgan fingerprint density at radius 1 is 0.292 bits per heavy atom. The first-order valence-electron chi connectivity index (χ1n) is 8.29. The van der Waals surface area contributed by atoms with Crippen molar-refractivity contribution in [3.63, 3.8) is 0 Å². The standard InChI is InChI=1S/C24H16/c1-2-6-17(7-3-1)20-10-11-21-15-23-12-18-8-4-5-9-19(18)13-24(23)16-22(21)14-20/h1-16H. The molecule has 0 N–H and O–H groups in total. The van der Waals surface area contributed by atoms with Crippen LogP contribution in [0.2, 0.25) is 0 Å². The fraction of sp³-hybridized carbons (Fsp3) is 0. The second-order valence-corrected chi connectivity index (χ2v) is 6.33. The molecule has 5 aromatic rings. The van der Waals surface area contributed by atoms with E-state index in [2.05, 4.69) is 97.1 Å². The highest BCUT2D eigenvalue weighted by molar-refractivity contribution is 6.05. The highest BCUT2D eigenvalue weighted by atomic mass is 14.1. The smallest absolute Gasteiger partial charge is 0.0171 e. The molecule has 5 aromatic carbocycles. The first kappa shape index (κ1) is 13.3. The summed E-state index contributed by atoms with van der Waals surface area (Å²) in [5.41, 5.74) is 2.53. The zero-order valence-electron chi connectivity index (χ0n) is 13.2. The van der Waals surface area contributed by atoms with Gasteiger partial charge in [0.15, 0.2) is 0 Å². The lowest BCUT2D eigenvalue weighted by Gasteiger charge is -2.07. The third kappa shape index (κ3) is 2.16. The van der Waals surface area contributed by atoms with Crippen molar-refractivity contribution in [2.24, 2.45) is 0 Å². The third-order valence-corrected chi connectivity index (χ3v) is 4.77. The van der Waals surface area contributed by atoms with Crippen LogP contribution in [0.15, 0.2) is 97.1 Å². The maximum atomic E-state index is 2.31. The Hall–Kier alpha value is -3.12. The van der Waals surface area contributed by atoms with Crippen molar-refractivity contribution >= 4 is 32.3 Å². The Morgan fingerprint density at radius 3 is 1.46 bits per heavy atom. The van der Waals surface area contributed by atoms with Gasteiger partial charge in [-0.05, 0) is 73.8 Å². The summed E-state index contributed by atoms with van der Waals surface area (Å²) >= 11 is 0. The van der Waals surface area contributed by atoms with Crippen molar-refractivity contribution < 1.29 is 0 Å². The van der Waals surface area contributed by atoms with Crippen LogP contribution in [0.3, 0.4) is 0 Å². The molecule has 112 valence electrons. The molecule has 0 atom stereocenters. The second-order valence-electron chi connectivity index (χ2n) is 6.33. The normalized spacial score (nSPS) is 11.3. The molecular weight excluding hydrogens is 288 g/mol. The van der Waals surface area contributed by atoms with E-state index in [1.54, 1.807) is 0 Å². The Kier molecular flexibility index (Phi) is 2.89. The van der Waals surface area contributed by atoms with Gasteiger partial charge >= 0.3 is 0 Å². The molecule has 0 aliphatic rings. The molecule has 0 bridgehead atoms. The van der Waals surface area contributed by atoms with Crippen LogP contribution in [0.1, 0.15) is 0 Å². The first-order chi connectivity index (χ1) is 11.9. The largest absolute Gasteiger partial charge is 0.0622 e. The quantitative estimate of drug-likeness (QED) is 0.298. The van der Waals surface area contributed by atoms with Gasteiger partial charge in [0, 0.05) is 0 Å². The summed E-state index contributed by atoms with van der Waals surface area (Å²) in [5, 5.41) is 7.77. The minimum atomic E-state index is 1.26. The fourth-order valence-corrected chi connectivity index (χ4v) is 3.50. The van der Waals surface area contributed by atoms with Crippen molar-refractivity contribution in [1.82, 2.24) is 0 Å². The van der Waals surface area contributed by atoms with E-state index >= 15 is 0 Å². The maximum absolute atomic E-state index is 2.31. The zero-order chi connectivity index (χ0) is 15.9. The molecule has 0 aliphatic carbocycles. The Labute approximate surface area is 141 Å². The predicted octanol–water partition coefficient (Wildman–Crippen LogP) is 6.81. The number of hydrogen-bond donors (Lipinski definition) is 0. The van der Waals surface area contributed by atoms with Crippen molar-refractivity contribution in [2.75, 3.05) is 0 Å². The molecule has 0 aromatic heterocycles. The summed E-state index contributed by atoms with van der Waals surface area (Å²) in [5.74, 6) is 0. The van der Waals surface area contributed by atoms with E-state index in [1.165, 1.54) is 43.4 Å². The summed E-state index contributed by atoms with van der Waals surface area (Å²) in [4.78, 5) is 0. The van der Waals surface area contributed by atoms with Gasteiger partial charge < -0.3 is 0 Å². The molecule has 24 heavy (non-hydrogen) atoms. The molecule has 0 heteroatoms. The summed E-state index contributed by atoms with van der Waals surface area (Å²) in [7, 11) is 0. The van der Waals surface area contributed by atoms with Crippen LogP contribution in [-0.2, 0) is 0 Å². The number of hydrogen-bond acceptors (Lipinski definition) is 0. The molecule has 0 saturated heterocycles. The van der Waals surface area contributed by atoms with E-state index in [4.69, 9.17) is 0 Å². The summed E-state index contributed by atoms with van der Waals surface area (Å²) in [6.45, 7) is 0. The van der Waals surface area contributed by atoms with Crippen LogP contribution in [-0.4, -0.2) is 0 Å². The van der Waals surface area contributed by atoms with Crippen LogP contribution in [0.5, 0.6) is 0 Å². The van der Waals surface area contributed by atoms with Crippen LogP contribution in [0, 0.1) is 0 Å². The molecule has 0 spiro atoms. The van der Waals surface area contributed by atoms with Crippen LogP contribution < -0.4 is 0 Å². The van der Waals surface area contributed by atoms with Gasteiger partial charge in [-0.25, -0.2) is 0 Å². The lowest BCUT2D eigenvalue weighted by atomic mass is 9.97. The van der Waals surface area contributed by atoms with Crippen molar-refractivity contribution in [1.29, 1.82) is 0 Å². The average molecular weight is 304 g/mol. The minimum Gasteiger partial charge on any atom is -0.0622 e. The van der Waals surface area contributed by atoms with Gasteiger partial charge in [-0.2, -0.15) is 0 Å². The number of fused-ring (bicyclic) bond motifs is 3. The van der Waals surface area contributed by atoms with Crippen molar-refractivity contribution in [3.05, 3.63) is 97.1 Å². The van der Waals surface area contributed by atoms with Gasteiger partial charge in [0.1, 0.15) is 0 Å². The van der Waals surface area contributed by atoms with E-state index in [-0.39, 0.29) is 0 Å². The molecule has 0 nitrogen and oxygen atoms in total. The Morgan fingerprint density at radius 2 is 0.792 bits per heavy atom. The van der Waals surface area contributed by atoms with Gasteiger partial charge in [0.05, 0.1) is 0 Å². The van der Waals surface area contributed by atoms with Crippen molar-refractivity contribution in [2.45, 2.75) is 0 Å². The van der Waals surface area contributed by atoms with Gasteiger partial charge in [-0.3, -0.25) is 0 Å².